The van der Waals surface area contributed by atoms with Gasteiger partial charge in [-0.2, -0.15) is 0 Å². The third-order valence-electron chi connectivity index (χ3n) is 3.65. The standard InChI is InChI=1S/C18H17N7O3/c26-18(13-5-1-2-6-14(13)25(27)28)21-12-11-20-16-8-9-17(24-23-16)22-15-7-3-4-10-19-15/h1-10H,11-12H2,(H,20,23)(H,21,26)(H,19,22,24). The number of carbonyl (C=O) groups is 1. The first-order valence-electron chi connectivity index (χ1n) is 8.41. The lowest BCUT2D eigenvalue weighted by Gasteiger charge is -2.08. The van der Waals surface area contributed by atoms with E-state index in [9.17, 15) is 14.9 Å². The lowest BCUT2D eigenvalue weighted by molar-refractivity contribution is -0.385. The van der Waals surface area contributed by atoms with Crippen molar-refractivity contribution in [1.29, 1.82) is 0 Å². The Morgan fingerprint density at radius 1 is 0.929 bits per heavy atom. The SMILES string of the molecule is O=C(NCCNc1ccc(Nc2ccccn2)nn1)c1ccccc1[N+](=O)[O-]. The van der Waals surface area contributed by atoms with E-state index in [0.29, 0.717) is 24.0 Å². The van der Waals surface area contributed by atoms with Crippen LogP contribution in [0.5, 0.6) is 0 Å². The van der Waals surface area contributed by atoms with Crippen LogP contribution in [0.4, 0.5) is 23.1 Å². The van der Waals surface area contributed by atoms with Gasteiger partial charge in [0, 0.05) is 25.4 Å². The van der Waals surface area contributed by atoms with Crippen LogP contribution in [-0.4, -0.2) is 39.1 Å². The van der Waals surface area contributed by atoms with Gasteiger partial charge in [0.15, 0.2) is 5.82 Å². The van der Waals surface area contributed by atoms with Crippen molar-refractivity contribution in [3.05, 3.63) is 76.5 Å². The van der Waals surface area contributed by atoms with Crippen molar-refractivity contribution in [1.82, 2.24) is 20.5 Å². The first-order chi connectivity index (χ1) is 13.6. The smallest absolute Gasteiger partial charge is 0.282 e. The van der Waals surface area contributed by atoms with Crippen molar-refractivity contribution in [3.8, 4) is 0 Å². The molecule has 0 aliphatic rings. The Hall–Kier alpha value is -4.08. The van der Waals surface area contributed by atoms with Gasteiger partial charge < -0.3 is 16.0 Å². The summed E-state index contributed by atoms with van der Waals surface area (Å²) in [6.07, 6.45) is 1.67. The highest BCUT2D eigenvalue weighted by atomic mass is 16.6. The van der Waals surface area contributed by atoms with Crippen molar-refractivity contribution in [2.24, 2.45) is 0 Å². The topological polar surface area (TPSA) is 135 Å². The number of amides is 1. The van der Waals surface area contributed by atoms with Crippen LogP contribution in [0.25, 0.3) is 0 Å². The number of hydrogen-bond acceptors (Lipinski definition) is 8. The third-order valence-corrected chi connectivity index (χ3v) is 3.65. The van der Waals surface area contributed by atoms with E-state index >= 15 is 0 Å². The molecule has 0 fully saturated rings. The van der Waals surface area contributed by atoms with E-state index in [-0.39, 0.29) is 17.8 Å². The molecule has 0 atom stereocenters. The predicted octanol–water partition coefficient (Wildman–Crippen LogP) is 2.37. The van der Waals surface area contributed by atoms with Gasteiger partial charge in [-0.25, -0.2) is 4.98 Å². The predicted molar refractivity (Wildman–Crippen MR) is 103 cm³/mol. The van der Waals surface area contributed by atoms with Crippen LogP contribution in [0.3, 0.4) is 0 Å². The molecule has 0 radical (unpaired) electrons. The van der Waals surface area contributed by atoms with Gasteiger partial charge in [0.05, 0.1) is 4.92 Å². The lowest BCUT2D eigenvalue weighted by atomic mass is 10.1. The quantitative estimate of drug-likeness (QED) is 0.308. The van der Waals surface area contributed by atoms with E-state index in [2.05, 4.69) is 31.1 Å². The zero-order valence-corrected chi connectivity index (χ0v) is 14.7. The van der Waals surface area contributed by atoms with Crippen molar-refractivity contribution >= 4 is 29.0 Å². The van der Waals surface area contributed by atoms with Gasteiger partial charge in [-0.3, -0.25) is 14.9 Å². The molecular formula is C18H17N7O3. The van der Waals surface area contributed by atoms with Crippen LogP contribution in [-0.2, 0) is 0 Å². The fourth-order valence-electron chi connectivity index (χ4n) is 2.35. The maximum absolute atomic E-state index is 12.1. The van der Waals surface area contributed by atoms with Crippen LogP contribution in [0, 0.1) is 10.1 Å². The number of benzene rings is 1. The first-order valence-corrected chi connectivity index (χ1v) is 8.41. The average molecular weight is 379 g/mol. The Kier molecular flexibility index (Phi) is 6.03. The Labute approximate surface area is 160 Å². The van der Waals surface area contributed by atoms with Gasteiger partial charge >= 0.3 is 0 Å². The molecule has 3 N–H and O–H groups in total. The Bertz CT molecular complexity index is 949. The molecule has 1 amide bonds. The van der Waals surface area contributed by atoms with Gasteiger partial charge in [0.1, 0.15) is 17.2 Å². The molecule has 0 saturated carbocycles. The molecule has 10 heteroatoms. The second kappa shape index (κ2) is 9.03. The van der Waals surface area contributed by atoms with Crippen LogP contribution in [0.2, 0.25) is 0 Å². The zero-order chi connectivity index (χ0) is 19.8. The maximum atomic E-state index is 12.1. The highest BCUT2D eigenvalue weighted by Crippen LogP contribution is 2.17. The maximum Gasteiger partial charge on any atom is 0.282 e. The Morgan fingerprint density at radius 3 is 2.39 bits per heavy atom. The number of aromatic nitrogens is 3. The number of rotatable bonds is 8. The minimum Gasteiger partial charge on any atom is -0.367 e. The van der Waals surface area contributed by atoms with Crippen molar-refractivity contribution in [2.45, 2.75) is 0 Å². The molecule has 2 heterocycles. The number of nitrogens with one attached hydrogen (secondary N) is 3. The monoisotopic (exact) mass is 379 g/mol. The van der Waals surface area contributed by atoms with Crippen molar-refractivity contribution in [2.75, 3.05) is 23.7 Å². The number of para-hydroxylation sites is 1. The van der Waals surface area contributed by atoms with Gasteiger partial charge in [0.25, 0.3) is 11.6 Å². The molecule has 0 aliphatic carbocycles. The first kappa shape index (κ1) is 18.7. The fraction of sp³-hybridized carbons (Fsp3) is 0.111. The van der Waals surface area contributed by atoms with E-state index in [1.54, 1.807) is 24.4 Å². The molecule has 2 aromatic heterocycles. The highest BCUT2D eigenvalue weighted by Gasteiger charge is 2.18. The van der Waals surface area contributed by atoms with E-state index in [1.807, 2.05) is 18.2 Å². The number of pyridine rings is 1. The summed E-state index contributed by atoms with van der Waals surface area (Å²) in [7, 11) is 0. The van der Waals surface area contributed by atoms with E-state index in [1.165, 1.54) is 18.2 Å². The van der Waals surface area contributed by atoms with E-state index < -0.39 is 10.8 Å². The Balaban J connectivity index is 1.46. The van der Waals surface area contributed by atoms with Gasteiger partial charge in [-0.15, -0.1) is 10.2 Å². The van der Waals surface area contributed by atoms with Crippen LogP contribution < -0.4 is 16.0 Å². The van der Waals surface area contributed by atoms with E-state index in [4.69, 9.17) is 0 Å². The van der Waals surface area contributed by atoms with Gasteiger partial charge in [0.2, 0.25) is 0 Å². The minimum atomic E-state index is -0.580. The molecule has 0 spiro atoms. The summed E-state index contributed by atoms with van der Waals surface area (Å²) >= 11 is 0. The van der Waals surface area contributed by atoms with Crippen molar-refractivity contribution in [3.63, 3.8) is 0 Å². The largest absolute Gasteiger partial charge is 0.367 e. The molecule has 1 aromatic carbocycles. The number of hydrogen-bond donors (Lipinski definition) is 3. The fourth-order valence-corrected chi connectivity index (χ4v) is 2.35. The average Bonchev–Trinajstić information content (AvgIpc) is 2.73. The summed E-state index contributed by atoms with van der Waals surface area (Å²) < 4.78 is 0. The lowest BCUT2D eigenvalue weighted by Crippen LogP contribution is -2.29. The number of anilines is 3. The zero-order valence-electron chi connectivity index (χ0n) is 14.7. The number of nitro benzene ring substituents is 1. The number of nitrogens with zero attached hydrogens (tertiary/aromatic N) is 4. The molecular weight excluding hydrogens is 362 g/mol. The van der Waals surface area contributed by atoms with Crippen LogP contribution >= 0.6 is 0 Å². The molecule has 3 rings (SSSR count). The van der Waals surface area contributed by atoms with Gasteiger partial charge in [-0.05, 0) is 30.3 Å². The summed E-state index contributed by atoms with van der Waals surface area (Å²) in [5.41, 5.74) is -0.202. The molecule has 142 valence electrons. The van der Waals surface area contributed by atoms with Crippen LogP contribution in [0.15, 0.2) is 60.8 Å². The summed E-state index contributed by atoms with van der Waals surface area (Å²) in [6.45, 7) is 0.647. The summed E-state index contributed by atoms with van der Waals surface area (Å²) in [5.74, 6) is 1.24. The molecule has 0 bridgehead atoms. The summed E-state index contributed by atoms with van der Waals surface area (Å²) in [5, 5.41) is 27.7. The Morgan fingerprint density at radius 2 is 1.68 bits per heavy atom. The second-order valence-corrected chi connectivity index (χ2v) is 5.60. The second-order valence-electron chi connectivity index (χ2n) is 5.60. The van der Waals surface area contributed by atoms with Gasteiger partial charge in [-0.1, -0.05) is 18.2 Å². The molecule has 10 nitrogen and oxygen atoms in total. The molecule has 3 aromatic rings. The molecule has 28 heavy (non-hydrogen) atoms. The van der Waals surface area contributed by atoms with Crippen LogP contribution in [0.1, 0.15) is 10.4 Å². The number of carbonyl (C=O) groups excluding carboxylic acids is 1. The minimum absolute atomic E-state index is 0.0252. The third kappa shape index (κ3) is 4.97. The molecule has 0 aliphatic heterocycles. The summed E-state index contributed by atoms with van der Waals surface area (Å²) in [4.78, 5) is 26.6. The molecule has 0 unspecified atom stereocenters. The highest BCUT2D eigenvalue weighted by molar-refractivity contribution is 5.98. The molecule has 0 saturated heterocycles. The van der Waals surface area contributed by atoms with E-state index in [0.717, 1.165) is 0 Å². The number of nitro groups is 1. The normalized spacial score (nSPS) is 10.1. The van der Waals surface area contributed by atoms with Crippen molar-refractivity contribution < 1.29 is 9.72 Å². The summed E-state index contributed by atoms with van der Waals surface area (Å²) in [6, 6.07) is 14.8.